The molecule has 0 spiro atoms. The van der Waals surface area contributed by atoms with E-state index in [1.165, 1.54) is 0 Å². The number of aliphatic hydroxyl groups is 2. The first-order chi connectivity index (χ1) is 9.02. The molecule has 6 heteroatoms. The summed E-state index contributed by atoms with van der Waals surface area (Å²) in [7, 11) is 1.76. The highest BCUT2D eigenvalue weighted by Gasteiger charge is 2.38. The van der Waals surface area contributed by atoms with Crippen LogP contribution in [0.5, 0.6) is 0 Å². The maximum Gasteiger partial charge on any atom is 0.238 e. The fraction of sp³-hybridized carbons (Fsp3) is 0.462. The summed E-state index contributed by atoms with van der Waals surface area (Å²) in [5.74, 6) is -0.0390. The van der Waals surface area contributed by atoms with Gasteiger partial charge in [0.05, 0.1) is 25.3 Å². The van der Waals surface area contributed by atoms with E-state index in [0.717, 1.165) is 10.0 Å². The normalized spacial score (nSPS) is 22.0. The van der Waals surface area contributed by atoms with Crippen LogP contribution in [0.1, 0.15) is 12.0 Å². The number of aliphatic hydroxyl groups excluding tert-OH is 2. The lowest BCUT2D eigenvalue weighted by Gasteiger charge is -2.30. The molecule has 1 heterocycles. The number of likely N-dealkylation sites (N-methyl/N-ethyl adjacent to an activating group) is 1. The van der Waals surface area contributed by atoms with Gasteiger partial charge >= 0.3 is 0 Å². The van der Waals surface area contributed by atoms with Crippen molar-refractivity contribution >= 4 is 21.8 Å². The van der Waals surface area contributed by atoms with Crippen molar-refractivity contribution < 1.29 is 15.0 Å². The molecule has 1 amide bonds. The van der Waals surface area contributed by atoms with Gasteiger partial charge in [0.2, 0.25) is 5.91 Å². The van der Waals surface area contributed by atoms with Gasteiger partial charge in [-0.05, 0) is 17.7 Å². The molecule has 2 rings (SSSR count). The number of benzene rings is 1. The van der Waals surface area contributed by atoms with E-state index >= 15 is 0 Å². The minimum Gasteiger partial charge on any atom is -0.394 e. The van der Waals surface area contributed by atoms with Gasteiger partial charge in [-0.3, -0.25) is 9.80 Å². The summed E-state index contributed by atoms with van der Waals surface area (Å²) < 4.78 is 0.992. The van der Waals surface area contributed by atoms with Crippen LogP contribution >= 0.6 is 15.9 Å². The molecule has 1 aromatic carbocycles. The summed E-state index contributed by atoms with van der Waals surface area (Å²) in [5, 5.41) is 22.0. The van der Waals surface area contributed by atoms with Crippen molar-refractivity contribution in [3.05, 3.63) is 34.3 Å². The Kier molecular flexibility index (Phi) is 4.57. The molecule has 104 valence electrons. The molecule has 2 unspecified atom stereocenters. The average molecular weight is 329 g/mol. The molecule has 1 saturated heterocycles. The van der Waals surface area contributed by atoms with Crippen molar-refractivity contribution in [3.63, 3.8) is 0 Å². The van der Waals surface area contributed by atoms with Gasteiger partial charge < -0.3 is 10.2 Å². The van der Waals surface area contributed by atoms with Gasteiger partial charge in [-0.2, -0.15) is 0 Å². The predicted molar refractivity (Wildman–Crippen MR) is 74.0 cm³/mol. The predicted octanol–water partition coefficient (Wildman–Crippen LogP) is 0.750. The van der Waals surface area contributed by atoms with Gasteiger partial charge in [-0.25, -0.2) is 5.01 Å². The third kappa shape index (κ3) is 3.14. The molecule has 19 heavy (non-hydrogen) atoms. The van der Waals surface area contributed by atoms with E-state index < -0.39 is 6.10 Å². The Hall–Kier alpha value is -0.950. The zero-order chi connectivity index (χ0) is 14.0. The number of hydrazine groups is 1. The van der Waals surface area contributed by atoms with E-state index in [4.69, 9.17) is 5.11 Å². The molecule has 0 aromatic heterocycles. The molecule has 1 aromatic rings. The first kappa shape index (κ1) is 14.5. The smallest absolute Gasteiger partial charge is 0.238 e. The lowest BCUT2D eigenvalue weighted by atomic mass is 10.1. The van der Waals surface area contributed by atoms with Gasteiger partial charge in [-0.1, -0.05) is 28.1 Å². The standard InChI is InChI=1S/C13H17BrN2O3/c1-15-11(12(18)8-17)6-13(19)16(15)7-9-2-4-10(14)5-3-9/h2-5,11-12,17-18H,6-8H2,1H3. The summed E-state index contributed by atoms with van der Waals surface area (Å²) in [6, 6.07) is 7.39. The molecule has 1 aliphatic heterocycles. The van der Waals surface area contributed by atoms with Crippen molar-refractivity contribution in [2.24, 2.45) is 0 Å². The molecule has 0 saturated carbocycles. The number of carbonyl (C=O) groups excluding carboxylic acids is 1. The third-order valence-electron chi connectivity index (χ3n) is 3.41. The topological polar surface area (TPSA) is 64.0 Å². The number of hydrogen-bond acceptors (Lipinski definition) is 4. The van der Waals surface area contributed by atoms with Crippen LogP contribution in [0.25, 0.3) is 0 Å². The van der Waals surface area contributed by atoms with E-state index in [1.807, 2.05) is 24.3 Å². The second kappa shape index (κ2) is 6.00. The van der Waals surface area contributed by atoms with Gasteiger partial charge in [0.15, 0.2) is 0 Å². The Labute approximate surface area is 120 Å². The Balaban J connectivity index is 2.08. The number of amides is 1. The molecule has 5 nitrogen and oxygen atoms in total. The Morgan fingerprint density at radius 2 is 2.05 bits per heavy atom. The molecule has 0 aliphatic carbocycles. The molecule has 0 radical (unpaired) electrons. The highest BCUT2D eigenvalue weighted by Crippen LogP contribution is 2.23. The highest BCUT2D eigenvalue weighted by molar-refractivity contribution is 9.10. The third-order valence-corrected chi connectivity index (χ3v) is 3.94. The van der Waals surface area contributed by atoms with Gasteiger partial charge in [0.25, 0.3) is 0 Å². The molecular weight excluding hydrogens is 312 g/mol. The van der Waals surface area contributed by atoms with Crippen LogP contribution in [0.3, 0.4) is 0 Å². The molecule has 2 atom stereocenters. The largest absolute Gasteiger partial charge is 0.394 e. The Morgan fingerprint density at radius 1 is 1.42 bits per heavy atom. The number of carbonyl (C=O) groups is 1. The quantitative estimate of drug-likeness (QED) is 0.856. The lowest BCUT2D eigenvalue weighted by Crippen LogP contribution is -2.44. The van der Waals surface area contributed by atoms with Crippen LogP contribution in [0, 0.1) is 0 Å². The van der Waals surface area contributed by atoms with Crippen LogP contribution in [0.2, 0.25) is 0 Å². The maximum absolute atomic E-state index is 12.0. The average Bonchev–Trinajstić information content (AvgIpc) is 2.68. The van der Waals surface area contributed by atoms with Gasteiger partial charge in [0, 0.05) is 17.9 Å². The maximum atomic E-state index is 12.0. The molecule has 0 bridgehead atoms. The molecule has 2 N–H and O–H groups in total. The fourth-order valence-electron chi connectivity index (χ4n) is 2.24. The van der Waals surface area contributed by atoms with Crippen LogP contribution in [0.15, 0.2) is 28.7 Å². The minimum atomic E-state index is -0.899. The van der Waals surface area contributed by atoms with Crippen LogP contribution in [-0.4, -0.2) is 51.9 Å². The van der Waals surface area contributed by atoms with Crippen molar-refractivity contribution in [1.82, 2.24) is 10.0 Å². The first-order valence-electron chi connectivity index (χ1n) is 6.09. The second-order valence-electron chi connectivity index (χ2n) is 4.67. The SMILES string of the molecule is CN1C(C(O)CO)CC(=O)N1Cc1ccc(Br)cc1. The Morgan fingerprint density at radius 3 is 2.63 bits per heavy atom. The summed E-state index contributed by atoms with van der Waals surface area (Å²) in [4.78, 5) is 12.0. The number of hydrogen-bond donors (Lipinski definition) is 2. The summed E-state index contributed by atoms with van der Waals surface area (Å²) >= 11 is 3.37. The van der Waals surface area contributed by atoms with E-state index in [2.05, 4.69) is 15.9 Å². The number of nitrogens with zero attached hydrogens (tertiary/aromatic N) is 2. The van der Waals surface area contributed by atoms with E-state index in [1.54, 1.807) is 17.1 Å². The number of halogens is 1. The van der Waals surface area contributed by atoms with Gasteiger partial charge in [0.1, 0.15) is 0 Å². The minimum absolute atomic E-state index is 0.0390. The first-order valence-corrected chi connectivity index (χ1v) is 6.88. The van der Waals surface area contributed by atoms with E-state index in [9.17, 15) is 9.90 Å². The van der Waals surface area contributed by atoms with Crippen LogP contribution in [0.4, 0.5) is 0 Å². The van der Waals surface area contributed by atoms with Crippen LogP contribution < -0.4 is 0 Å². The number of rotatable bonds is 4. The fourth-order valence-corrected chi connectivity index (χ4v) is 2.50. The van der Waals surface area contributed by atoms with Crippen molar-refractivity contribution in [2.75, 3.05) is 13.7 Å². The lowest BCUT2D eigenvalue weighted by molar-refractivity contribution is -0.139. The van der Waals surface area contributed by atoms with E-state index in [-0.39, 0.29) is 25.0 Å². The Bertz CT molecular complexity index is 452. The monoisotopic (exact) mass is 328 g/mol. The second-order valence-corrected chi connectivity index (χ2v) is 5.59. The molecular formula is C13H17BrN2O3. The van der Waals surface area contributed by atoms with Crippen molar-refractivity contribution in [3.8, 4) is 0 Å². The van der Waals surface area contributed by atoms with Crippen molar-refractivity contribution in [1.29, 1.82) is 0 Å². The molecule has 1 aliphatic rings. The van der Waals surface area contributed by atoms with Crippen LogP contribution in [-0.2, 0) is 11.3 Å². The molecule has 1 fully saturated rings. The summed E-state index contributed by atoms with van der Waals surface area (Å²) in [6.07, 6.45) is -0.668. The zero-order valence-corrected chi connectivity index (χ0v) is 12.2. The van der Waals surface area contributed by atoms with Gasteiger partial charge in [-0.15, -0.1) is 0 Å². The summed E-state index contributed by atoms with van der Waals surface area (Å²) in [6.45, 7) is 0.131. The zero-order valence-electron chi connectivity index (χ0n) is 10.7. The van der Waals surface area contributed by atoms with E-state index in [0.29, 0.717) is 6.54 Å². The highest BCUT2D eigenvalue weighted by atomic mass is 79.9. The van der Waals surface area contributed by atoms with Crippen molar-refractivity contribution in [2.45, 2.75) is 25.1 Å². The summed E-state index contributed by atoms with van der Waals surface area (Å²) in [5.41, 5.74) is 1.02.